The molecule has 0 fully saturated rings. The van der Waals surface area contributed by atoms with Gasteiger partial charge in [-0.05, 0) is 35.9 Å². The molecule has 0 aliphatic heterocycles. The summed E-state index contributed by atoms with van der Waals surface area (Å²) >= 11 is 0. The Bertz CT molecular complexity index is 731. The van der Waals surface area contributed by atoms with Crippen molar-refractivity contribution in [3.8, 4) is 5.75 Å². The van der Waals surface area contributed by atoms with Crippen LogP contribution in [0.4, 0.5) is 10.1 Å². The summed E-state index contributed by atoms with van der Waals surface area (Å²) in [5.74, 6) is -1.59. The fourth-order valence-electron chi connectivity index (χ4n) is 1.96. The van der Waals surface area contributed by atoms with E-state index < -0.39 is 23.7 Å². The van der Waals surface area contributed by atoms with Gasteiger partial charge < -0.3 is 20.9 Å². The molecule has 0 unspecified atom stereocenters. The fraction of sp³-hybridized carbons (Fsp3) is 0.125. The Morgan fingerprint density at radius 2 is 1.87 bits per heavy atom. The summed E-state index contributed by atoms with van der Waals surface area (Å²) in [6.07, 6.45) is -1.50. The number of amides is 2. The highest BCUT2D eigenvalue weighted by atomic mass is 19.1. The third kappa shape index (κ3) is 3.83. The molecule has 120 valence electrons. The van der Waals surface area contributed by atoms with Gasteiger partial charge in [0.05, 0.1) is 12.8 Å². The number of rotatable bonds is 5. The molecular formula is C16H15FN2O4. The SMILES string of the molecule is COc1ccc(C(N)=O)cc1NC(=O)[C@@H](O)c1ccc(F)cc1. The Morgan fingerprint density at radius 3 is 2.43 bits per heavy atom. The van der Waals surface area contributed by atoms with Crippen molar-refractivity contribution < 1.29 is 23.8 Å². The zero-order valence-electron chi connectivity index (χ0n) is 12.2. The van der Waals surface area contributed by atoms with Gasteiger partial charge in [-0.3, -0.25) is 9.59 Å². The number of anilines is 1. The number of primary amides is 1. The molecule has 0 saturated heterocycles. The molecule has 0 heterocycles. The van der Waals surface area contributed by atoms with E-state index in [1.54, 1.807) is 0 Å². The predicted octanol–water partition coefficient (Wildman–Crippen LogP) is 1.61. The summed E-state index contributed by atoms with van der Waals surface area (Å²) in [6.45, 7) is 0. The molecule has 0 bridgehead atoms. The number of carbonyl (C=O) groups is 2. The highest BCUT2D eigenvalue weighted by Gasteiger charge is 2.19. The number of methoxy groups -OCH3 is 1. The predicted molar refractivity (Wildman–Crippen MR) is 81.5 cm³/mol. The summed E-state index contributed by atoms with van der Waals surface area (Å²) in [6, 6.07) is 9.15. The molecule has 2 aromatic rings. The van der Waals surface area contributed by atoms with Crippen molar-refractivity contribution in [2.45, 2.75) is 6.10 Å². The van der Waals surface area contributed by atoms with Gasteiger partial charge in [-0.25, -0.2) is 4.39 Å². The van der Waals surface area contributed by atoms with Gasteiger partial charge in [0.1, 0.15) is 11.6 Å². The molecule has 6 nitrogen and oxygen atoms in total. The fourth-order valence-corrected chi connectivity index (χ4v) is 1.96. The number of nitrogens with two attached hydrogens (primary N) is 1. The molecule has 0 radical (unpaired) electrons. The van der Waals surface area contributed by atoms with E-state index in [9.17, 15) is 19.1 Å². The molecule has 23 heavy (non-hydrogen) atoms. The van der Waals surface area contributed by atoms with Crippen LogP contribution in [0.1, 0.15) is 22.0 Å². The maximum atomic E-state index is 12.9. The first-order valence-corrected chi connectivity index (χ1v) is 6.64. The van der Waals surface area contributed by atoms with E-state index in [1.807, 2.05) is 0 Å². The minimum atomic E-state index is -1.50. The minimum Gasteiger partial charge on any atom is -0.495 e. The van der Waals surface area contributed by atoms with E-state index in [-0.39, 0.29) is 16.8 Å². The third-order valence-electron chi connectivity index (χ3n) is 3.18. The van der Waals surface area contributed by atoms with E-state index >= 15 is 0 Å². The Morgan fingerprint density at radius 1 is 1.22 bits per heavy atom. The number of nitrogens with one attached hydrogen (secondary N) is 1. The van der Waals surface area contributed by atoms with Crippen molar-refractivity contribution in [3.05, 3.63) is 59.4 Å². The molecule has 0 aliphatic rings. The number of halogens is 1. The third-order valence-corrected chi connectivity index (χ3v) is 3.18. The van der Waals surface area contributed by atoms with Gasteiger partial charge in [-0.1, -0.05) is 12.1 Å². The summed E-state index contributed by atoms with van der Waals surface area (Å²) in [7, 11) is 1.39. The summed E-state index contributed by atoms with van der Waals surface area (Å²) in [5.41, 5.74) is 5.79. The van der Waals surface area contributed by atoms with Crippen LogP contribution in [-0.2, 0) is 4.79 Å². The maximum absolute atomic E-state index is 12.9. The van der Waals surface area contributed by atoms with Gasteiger partial charge in [0, 0.05) is 5.56 Å². The van der Waals surface area contributed by atoms with Crippen molar-refractivity contribution >= 4 is 17.5 Å². The average molecular weight is 318 g/mol. The topological polar surface area (TPSA) is 102 Å². The number of aliphatic hydroxyl groups excluding tert-OH is 1. The van der Waals surface area contributed by atoms with E-state index in [4.69, 9.17) is 10.5 Å². The Balaban J connectivity index is 2.23. The van der Waals surface area contributed by atoms with Crippen LogP contribution in [0.5, 0.6) is 5.75 Å². The van der Waals surface area contributed by atoms with Crippen molar-refractivity contribution in [3.63, 3.8) is 0 Å². The van der Waals surface area contributed by atoms with Gasteiger partial charge in [-0.15, -0.1) is 0 Å². The van der Waals surface area contributed by atoms with Crippen LogP contribution in [0.2, 0.25) is 0 Å². The molecule has 2 aromatic carbocycles. The lowest BCUT2D eigenvalue weighted by Crippen LogP contribution is -2.21. The second-order valence-corrected chi connectivity index (χ2v) is 4.72. The Labute approximate surface area is 131 Å². The molecule has 0 aromatic heterocycles. The normalized spacial score (nSPS) is 11.6. The standard InChI is InChI=1S/C16H15FN2O4/c1-23-13-7-4-10(15(18)21)8-12(13)19-16(22)14(20)9-2-5-11(17)6-3-9/h2-8,14,20H,1H3,(H2,18,21)(H,19,22)/t14-/m0/s1. The minimum absolute atomic E-state index is 0.178. The zero-order valence-corrected chi connectivity index (χ0v) is 12.2. The molecular weight excluding hydrogens is 303 g/mol. The van der Waals surface area contributed by atoms with Crippen LogP contribution >= 0.6 is 0 Å². The van der Waals surface area contributed by atoms with Crippen LogP contribution in [0.3, 0.4) is 0 Å². The van der Waals surface area contributed by atoms with E-state index in [1.165, 1.54) is 37.4 Å². The van der Waals surface area contributed by atoms with Crippen molar-refractivity contribution in [1.82, 2.24) is 0 Å². The number of benzene rings is 2. The quantitative estimate of drug-likeness (QED) is 0.779. The molecule has 0 spiro atoms. The Hall–Kier alpha value is -2.93. The maximum Gasteiger partial charge on any atom is 0.257 e. The molecule has 1 atom stereocenters. The van der Waals surface area contributed by atoms with Crippen LogP contribution in [0, 0.1) is 5.82 Å². The molecule has 0 saturated carbocycles. The highest BCUT2D eigenvalue weighted by Crippen LogP contribution is 2.27. The highest BCUT2D eigenvalue weighted by molar-refractivity contribution is 5.99. The lowest BCUT2D eigenvalue weighted by molar-refractivity contribution is -0.124. The van der Waals surface area contributed by atoms with Crippen molar-refractivity contribution in [2.24, 2.45) is 5.73 Å². The Kier molecular flexibility index (Phi) is 4.92. The number of aliphatic hydroxyl groups is 1. The first-order valence-electron chi connectivity index (χ1n) is 6.64. The summed E-state index contributed by atoms with van der Waals surface area (Å²) in [4.78, 5) is 23.3. The van der Waals surface area contributed by atoms with Gasteiger partial charge in [0.25, 0.3) is 5.91 Å². The largest absolute Gasteiger partial charge is 0.495 e. The summed E-state index contributed by atoms with van der Waals surface area (Å²) < 4.78 is 18.0. The molecule has 2 amide bonds. The van der Waals surface area contributed by atoms with Gasteiger partial charge in [0.15, 0.2) is 6.10 Å². The average Bonchev–Trinajstić information content (AvgIpc) is 2.54. The van der Waals surface area contributed by atoms with Crippen LogP contribution in [0.15, 0.2) is 42.5 Å². The van der Waals surface area contributed by atoms with Crippen molar-refractivity contribution in [2.75, 3.05) is 12.4 Å². The number of carbonyl (C=O) groups excluding carboxylic acids is 2. The molecule has 4 N–H and O–H groups in total. The first kappa shape index (κ1) is 16.4. The first-order chi connectivity index (χ1) is 10.9. The van der Waals surface area contributed by atoms with Gasteiger partial charge >= 0.3 is 0 Å². The van der Waals surface area contributed by atoms with E-state index in [2.05, 4.69) is 5.32 Å². The number of hydrogen-bond acceptors (Lipinski definition) is 4. The molecule has 0 aliphatic carbocycles. The lowest BCUT2D eigenvalue weighted by Gasteiger charge is -2.14. The zero-order chi connectivity index (χ0) is 17.0. The monoisotopic (exact) mass is 318 g/mol. The van der Waals surface area contributed by atoms with E-state index in [0.717, 1.165) is 12.1 Å². The molecule has 2 rings (SSSR count). The molecule has 7 heteroatoms. The van der Waals surface area contributed by atoms with Gasteiger partial charge in [-0.2, -0.15) is 0 Å². The van der Waals surface area contributed by atoms with Crippen LogP contribution < -0.4 is 15.8 Å². The second kappa shape index (κ2) is 6.89. The van der Waals surface area contributed by atoms with Crippen LogP contribution in [-0.4, -0.2) is 24.0 Å². The van der Waals surface area contributed by atoms with E-state index in [0.29, 0.717) is 5.75 Å². The number of ether oxygens (including phenoxy) is 1. The summed E-state index contributed by atoms with van der Waals surface area (Å²) in [5, 5.41) is 12.5. The second-order valence-electron chi connectivity index (χ2n) is 4.72. The lowest BCUT2D eigenvalue weighted by atomic mass is 10.1. The van der Waals surface area contributed by atoms with Crippen molar-refractivity contribution in [1.29, 1.82) is 0 Å². The smallest absolute Gasteiger partial charge is 0.257 e. The van der Waals surface area contributed by atoms with Gasteiger partial charge in [0.2, 0.25) is 5.91 Å². The van der Waals surface area contributed by atoms with Crippen LogP contribution in [0.25, 0.3) is 0 Å². The number of hydrogen-bond donors (Lipinski definition) is 3.